The molecule has 0 aliphatic heterocycles. The lowest BCUT2D eigenvalue weighted by Gasteiger charge is -2.10. The fourth-order valence-corrected chi connectivity index (χ4v) is 2.43. The van der Waals surface area contributed by atoms with Crippen LogP contribution in [-0.4, -0.2) is 18.4 Å². The highest BCUT2D eigenvalue weighted by Crippen LogP contribution is 2.26. The number of carbonyl (C=O) groups excluding carboxylic acids is 2. The second-order valence-corrected chi connectivity index (χ2v) is 5.57. The second kappa shape index (κ2) is 7.21. The fraction of sp³-hybridized carbons (Fsp3) is 0.143. The van der Waals surface area contributed by atoms with E-state index in [2.05, 4.69) is 10.6 Å². The van der Waals surface area contributed by atoms with Crippen LogP contribution in [0.3, 0.4) is 0 Å². The molecule has 0 saturated carbocycles. The lowest BCUT2D eigenvalue weighted by Crippen LogP contribution is -2.16. The maximum atomic E-state index is 12.0. The molecule has 2 amide bonds. The van der Waals surface area contributed by atoms with Gasteiger partial charge in [-0.3, -0.25) is 9.59 Å². The first-order valence-corrected chi connectivity index (χ1v) is 7.50. The number of halogens is 1. The number of amides is 2. The van der Waals surface area contributed by atoms with Gasteiger partial charge in [-0.1, -0.05) is 17.7 Å². The Bertz CT molecular complexity index is 644. The molecular weight excluding hydrogens is 310 g/mol. The van der Waals surface area contributed by atoms with E-state index in [0.717, 1.165) is 0 Å². The largest absolute Gasteiger partial charge is 0.330 e. The number of hydrogen-bond acceptors (Lipinski definition) is 4. The van der Waals surface area contributed by atoms with Crippen LogP contribution >= 0.6 is 22.9 Å². The lowest BCUT2D eigenvalue weighted by atomic mass is 10.2. The van der Waals surface area contributed by atoms with Gasteiger partial charge in [0.15, 0.2) is 0 Å². The summed E-state index contributed by atoms with van der Waals surface area (Å²) in [6, 6.07) is 8.41. The fourth-order valence-electron chi connectivity index (χ4n) is 1.65. The summed E-state index contributed by atoms with van der Waals surface area (Å²) >= 11 is 7.39. The molecule has 0 spiro atoms. The van der Waals surface area contributed by atoms with Crippen molar-refractivity contribution in [1.29, 1.82) is 0 Å². The minimum absolute atomic E-state index is 0.185. The van der Waals surface area contributed by atoms with Crippen molar-refractivity contribution in [1.82, 2.24) is 0 Å². The molecule has 21 heavy (non-hydrogen) atoms. The van der Waals surface area contributed by atoms with Gasteiger partial charge in [0, 0.05) is 18.7 Å². The van der Waals surface area contributed by atoms with E-state index in [1.54, 1.807) is 30.3 Å². The van der Waals surface area contributed by atoms with Gasteiger partial charge in [0.25, 0.3) is 5.91 Å². The summed E-state index contributed by atoms with van der Waals surface area (Å²) in [5.41, 5.74) is 6.32. The number of carbonyl (C=O) groups is 2. The van der Waals surface area contributed by atoms with Crippen molar-refractivity contribution in [2.45, 2.75) is 6.42 Å². The molecule has 4 N–H and O–H groups in total. The van der Waals surface area contributed by atoms with Crippen molar-refractivity contribution in [3.63, 3.8) is 0 Å². The molecule has 0 aliphatic rings. The molecule has 1 aromatic carbocycles. The Labute approximate surface area is 131 Å². The summed E-state index contributed by atoms with van der Waals surface area (Å²) < 4.78 is 0. The number of benzene rings is 1. The van der Waals surface area contributed by atoms with E-state index >= 15 is 0 Å². The molecule has 0 bridgehead atoms. The van der Waals surface area contributed by atoms with Crippen LogP contribution in [0.2, 0.25) is 5.02 Å². The number of thiophene rings is 1. The van der Waals surface area contributed by atoms with Gasteiger partial charge in [-0.25, -0.2) is 0 Å². The van der Waals surface area contributed by atoms with Gasteiger partial charge in [0.1, 0.15) is 0 Å². The first-order chi connectivity index (χ1) is 10.1. The summed E-state index contributed by atoms with van der Waals surface area (Å²) in [5, 5.41) is 7.63. The minimum atomic E-state index is -0.239. The first kappa shape index (κ1) is 15.5. The van der Waals surface area contributed by atoms with E-state index < -0.39 is 0 Å². The summed E-state index contributed by atoms with van der Waals surface area (Å²) in [4.78, 5) is 24.1. The third-order valence-corrected chi connectivity index (χ3v) is 3.81. The van der Waals surface area contributed by atoms with Crippen LogP contribution in [0.4, 0.5) is 11.4 Å². The Morgan fingerprint density at radius 3 is 2.71 bits per heavy atom. The molecule has 1 aromatic heterocycles. The van der Waals surface area contributed by atoms with E-state index in [9.17, 15) is 9.59 Å². The van der Waals surface area contributed by atoms with Gasteiger partial charge < -0.3 is 16.4 Å². The van der Waals surface area contributed by atoms with Crippen molar-refractivity contribution in [3.8, 4) is 0 Å². The van der Waals surface area contributed by atoms with Gasteiger partial charge in [0.2, 0.25) is 5.91 Å². The molecule has 110 valence electrons. The minimum Gasteiger partial charge on any atom is -0.330 e. The maximum absolute atomic E-state index is 12.0. The first-order valence-electron chi connectivity index (χ1n) is 6.24. The highest BCUT2D eigenvalue weighted by molar-refractivity contribution is 7.12. The molecule has 5 nitrogen and oxygen atoms in total. The Kier molecular flexibility index (Phi) is 5.32. The van der Waals surface area contributed by atoms with Crippen LogP contribution in [0, 0.1) is 0 Å². The lowest BCUT2D eigenvalue weighted by molar-refractivity contribution is -0.116. The van der Waals surface area contributed by atoms with Gasteiger partial charge >= 0.3 is 0 Å². The maximum Gasteiger partial charge on any atom is 0.265 e. The number of hydrogen-bond donors (Lipinski definition) is 3. The quantitative estimate of drug-likeness (QED) is 0.791. The molecular formula is C14H14ClN3O2S. The van der Waals surface area contributed by atoms with Crippen LogP contribution in [0.1, 0.15) is 16.1 Å². The topological polar surface area (TPSA) is 84.2 Å². The van der Waals surface area contributed by atoms with Crippen LogP contribution in [-0.2, 0) is 4.79 Å². The van der Waals surface area contributed by atoms with E-state index in [-0.39, 0.29) is 24.8 Å². The van der Waals surface area contributed by atoms with Crippen molar-refractivity contribution >= 4 is 46.1 Å². The number of rotatable bonds is 5. The average molecular weight is 324 g/mol. The number of nitrogens with one attached hydrogen (secondary N) is 2. The molecule has 0 atom stereocenters. The van der Waals surface area contributed by atoms with Crippen LogP contribution in [0.15, 0.2) is 35.7 Å². The standard InChI is InChI=1S/C14H14ClN3O2S/c15-10-4-3-9(17-13(19)5-6-16)8-11(10)18-14(20)12-2-1-7-21-12/h1-4,7-8H,5-6,16H2,(H,17,19)(H,18,20). The molecule has 0 saturated heterocycles. The van der Waals surface area contributed by atoms with Gasteiger partial charge in [-0.2, -0.15) is 0 Å². The SMILES string of the molecule is NCCC(=O)Nc1ccc(Cl)c(NC(=O)c2cccs2)c1. The molecule has 0 fully saturated rings. The summed E-state index contributed by atoms with van der Waals surface area (Å²) in [6.45, 7) is 0.279. The van der Waals surface area contributed by atoms with E-state index in [0.29, 0.717) is 21.3 Å². The van der Waals surface area contributed by atoms with E-state index in [1.165, 1.54) is 11.3 Å². The molecule has 2 aromatic rings. The van der Waals surface area contributed by atoms with Gasteiger partial charge in [-0.05, 0) is 29.6 Å². The predicted molar refractivity (Wildman–Crippen MR) is 86.0 cm³/mol. The van der Waals surface area contributed by atoms with Crippen molar-refractivity contribution in [3.05, 3.63) is 45.6 Å². The average Bonchev–Trinajstić information content (AvgIpc) is 2.97. The second-order valence-electron chi connectivity index (χ2n) is 4.21. The molecule has 2 rings (SSSR count). The van der Waals surface area contributed by atoms with Crippen molar-refractivity contribution in [2.24, 2.45) is 5.73 Å². The molecule has 0 unspecified atom stereocenters. The van der Waals surface area contributed by atoms with Gasteiger partial charge in [-0.15, -0.1) is 11.3 Å². The Morgan fingerprint density at radius 1 is 1.24 bits per heavy atom. The number of nitrogens with two attached hydrogens (primary N) is 1. The summed E-state index contributed by atoms with van der Waals surface area (Å²) in [7, 11) is 0. The van der Waals surface area contributed by atoms with Gasteiger partial charge in [0.05, 0.1) is 15.6 Å². The molecule has 0 radical (unpaired) electrons. The van der Waals surface area contributed by atoms with Crippen molar-refractivity contribution in [2.75, 3.05) is 17.2 Å². The molecule has 7 heteroatoms. The highest BCUT2D eigenvalue weighted by atomic mass is 35.5. The smallest absolute Gasteiger partial charge is 0.265 e. The Balaban J connectivity index is 2.12. The monoisotopic (exact) mass is 323 g/mol. The zero-order chi connectivity index (χ0) is 15.2. The highest BCUT2D eigenvalue weighted by Gasteiger charge is 2.10. The number of anilines is 2. The van der Waals surface area contributed by atoms with Crippen LogP contribution < -0.4 is 16.4 Å². The Morgan fingerprint density at radius 2 is 2.05 bits per heavy atom. The Hall–Kier alpha value is -1.89. The van der Waals surface area contributed by atoms with Crippen molar-refractivity contribution < 1.29 is 9.59 Å². The third-order valence-electron chi connectivity index (χ3n) is 2.61. The summed E-state index contributed by atoms with van der Waals surface area (Å²) in [5.74, 6) is -0.423. The summed E-state index contributed by atoms with van der Waals surface area (Å²) in [6.07, 6.45) is 0.236. The predicted octanol–water partition coefficient (Wildman–Crippen LogP) is 2.94. The zero-order valence-corrected chi connectivity index (χ0v) is 12.6. The van der Waals surface area contributed by atoms with E-state index in [4.69, 9.17) is 17.3 Å². The van der Waals surface area contributed by atoms with Crippen LogP contribution in [0.25, 0.3) is 0 Å². The third kappa shape index (κ3) is 4.29. The van der Waals surface area contributed by atoms with E-state index in [1.807, 2.05) is 5.38 Å². The molecule has 0 aliphatic carbocycles. The molecule has 1 heterocycles. The van der Waals surface area contributed by atoms with Crippen LogP contribution in [0.5, 0.6) is 0 Å². The zero-order valence-electron chi connectivity index (χ0n) is 11.1. The normalized spacial score (nSPS) is 10.2.